The van der Waals surface area contributed by atoms with Crippen LogP contribution in [-0.4, -0.2) is 46.1 Å². The second-order valence-corrected chi connectivity index (χ2v) is 7.32. The quantitative estimate of drug-likeness (QED) is 0.331. The first-order chi connectivity index (χ1) is 15.7. The maximum atomic E-state index is 12.6. The molecular weight excluding hydrogens is 408 g/mol. The van der Waals surface area contributed by atoms with Gasteiger partial charge in [0.05, 0.1) is 12.3 Å². The Labute approximate surface area is 185 Å². The zero-order valence-electron chi connectivity index (χ0n) is 17.7. The summed E-state index contributed by atoms with van der Waals surface area (Å²) in [6.45, 7) is 1.97. The van der Waals surface area contributed by atoms with Crippen LogP contribution in [0, 0.1) is 0 Å². The summed E-state index contributed by atoms with van der Waals surface area (Å²) in [6.07, 6.45) is 2.40. The molecule has 2 aromatic carbocycles. The summed E-state index contributed by atoms with van der Waals surface area (Å²) in [4.78, 5) is 20.0. The molecule has 0 fully saturated rings. The summed E-state index contributed by atoms with van der Waals surface area (Å²) in [6, 6.07) is 17.2. The van der Waals surface area contributed by atoms with Crippen LogP contribution in [0.5, 0.6) is 5.75 Å². The van der Waals surface area contributed by atoms with Gasteiger partial charge in [-0.05, 0) is 42.3 Å². The van der Waals surface area contributed by atoms with Crippen molar-refractivity contribution in [2.75, 3.05) is 26.4 Å². The van der Waals surface area contributed by atoms with Gasteiger partial charge in [0.1, 0.15) is 18.0 Å². The van der Waals surface area contributed by atoms with Crippen molar-refractivity contribution in [1.29, 1.82) is 0 Å². The molecule has 4 rings (SSSR count). The van der Waals surface area contributed by atoms with E-state index in [9.17, 15) is 4.79 Å². The molecule has 0 atom stereocenters. The van der Waals surface area contributed by atoms with Crippen molar-refractivity contribution in [3.8, 4) is 22.7 Å². The van der Waals surface area contributed by atoms with Crippen LogP contribution >= 0.6 is 0 Å². The molecule has 0 saturated heterocycles. The van der Waals surface area contributed by atoms with Crippen molar-refractivity contribution in [2.45, 2.75) is 13.0 Å². The van der Waals surface area contributed by atoms with Crippen molar-refractivity contribution < 1.29 is 14.6 Å². The van der Waals surface area contributed by atoms with Crippen molar-refractivity contribution in [3.05, 3.63) is 76.8 Å². The molecule has 0 aliphatic rings. The summed E-state index contributed by atoms with van der Waals surface area (Å²) in [5.74, 6) is 0.722. The molecule has 2 heterocycles. The van der Waals surface area contributed by atoms with Gasteiger partial charge in [-0.2, -0.15) is 4.98 Å². The second kappa shape index (κ2) is 10.2. The maximum Gasteiger partial charge on any atom is 0.354 e. The number of aromatic nitrogens is 3. The SMILES string of the molecule is NCc1ccc(-n2cc3cc(-c4cccc(OCCOCCCO)c4)[nH]c3nc2=O)cc1. The first kappa shape index (κ1) is 21.8. The van der Waals surface area contributed by atoms with Crippen LogP contribution in [-0.2, 0) is 11.3 Å². The highest BCUT2D eigenvalue weighted by atomic mass is 16.5. The van der Waals surface area contributed by atoms with Gasteiger partial charge in [-0.25, -0.2) is 4.79 Å². The molecule has 4 N–H and O–H groups in total. The zero-order chi connectivity index (χ0) is 22.3. The predicted octanol–water partition coefficient (Wildman–Crippen LogP) is 2.62. The predicted molar refractivity (Wildman–Crippen MR) is 123 cm³/mol. The standard InChI is InChI=1S/C24H26N4O4/c25-15-17-5-7-20(8-6-17)28-16-19-14-22(26-23(19)27-24(28)30)18-3-1-4-21(13-18)32-12-11-31-10-2-9-29/h1,3-8,13-14,16,29H,2,9-12,15,25H2,(H,26,27,30). The van der Waals surface area contributed by atoms with Gasteiger partial charge in [-0.1, -0.05) is 24.3 Å². The van der Waals surface area contributed by atoms with E-state index in [1.807, 2.05) is 54.6 Å². The average molecular weight is 434 g/mol. The summed E-state index contributed by atoms with van der Waals surface area (Å²) in [7, 11) is 0. The van der Waals surface area contributed by atoms with Gasteiger partial charge < -0.3 is 25.3 Å². The molecule has 0 bridgehead atoms. The van der Waals surface area contributed by atoms with Gasteiger partial charge in [0, 0.05) is 42.6 Å². The number of fused-ring (bicyclic) bond motifs is 1. The average Bonchev–Trinajstić information content (AvgIpc) is 3.24. The minimum absolute atomic E-state index is 0.122. The Bertz CT molecular complexity index is 1230. The Kier molecular flexibility index (Phi) is 6.96. The molecule has 8 nitrogen and oxygen atoms in total. The number of ether oxygens (including phenoxy) is 2. The first-order valence-electron chi connectivity index (χ1n) is 10.5. The third kappa shape index (κ3) is 5.05. The van der Waals surface area contributed by atoms with E-state index < -0.39 is 0 Å². The number of hydrogen-bond donors (Lipinski definition) is 3. The minimum atomic E-state index is -0.357. The van der Waals surface area contributed by atoms with Crippen LogP contribution < -0.4 is 16.2 Å². The summed E-state index contributed by atoms with van der Waals surface area (Å²) >= 11 is 0. The lowest BCUT2D eigenvalue weighted by atomic mass is 10.1. The van der Waals surface area contributed by atoms with E-state index in [4.69, 9.17) is 20.3 Å². The van der Waals surface area contributed by atoms with Gasteiger partial charge in [0.15, 0.2) is 0 Å². The third-order valence-corrected chi connectivity index (χ3v) is 5.05. The van der Waals surface area contributed by atoms with E-state index in [1.54, 1.807) is 6.20 Å². The highest BCUT2D eigenvalue weighted by molar-refractivity contribution is 5.82. The number of aliphatic hydroxyl groups is 1. The van der Waals surface area contributed by atoms with Gasteiger partial charge in [0.2, 0.25) is 0 Å². The van der Waals surface area contributed by atoms with E-state index >= 15 is 0 Å². The van der Waals surface area contributed by atoms with Crippen molar-refractivity contribution in [1.82, 2.24) is 14.5 Å². The zero-order valence-corrected chi connectivity index (χ0v) is 17.7. The van der Waals surface area contributed by atoms with Crippen LogP contribution in [0.3, 0.4) is 0 Å². The highest BCUT2D eigenvalue weighted by Gasteiger charge is 2.10. The van der Waals surface area contributed by atoms with Crippen LogP contribution in [0.1, 0.15) is 12.0 Å². The fourth-order valence-corrected chi connectivity index (χ4v) is 3.37. The van der Waals surface area contributed by atoms with Crippen LogP contribution in [0.25, 0.3) is 28.0 Å². The summed E-state index contributed by atoms with van der Waals surface area (Å²) in [5.41, 5.74) is 9.33. The van der Waals surface area contributed by atoms with E-state index in [-0.39, 0.29) is 12.3 Å². The number of H-pyrrole nitrogens is 1. The Hall–Kier alpha value is -3.46. The lowest BCUT2D eigenvalue weighted by Gasteiger charge is -2.08. The van der Waals surface area contributed by atoms with Gasteiger partial charge in [-0.15, -0.1) is 0 Å². The van der Waals surface area contributed by atoms with E-state index in [1.165, 1.54) is 4.57 Å². The number of benzene rings is 2. The first-order valence-corrected chi connectivity index (χ1v) is 10.5. The number of nitrogens with zero attached hydrogens (tertiary/aromatic N) is 2. The maximum absolute atomic E-state index is 12.6. The number of hydrogen-bond acceptors (Lipinski definition) is 6. The molecule has 0 aliphatic heterocycles. The molecule has 0 radical (unpaired) electrons. The summed E-state index contributed by atoms with van der Waals surface area (Å²) in [5, 5.41) is 9.58. The molecule has 166 valence electrons. The Morgan fingerprint density at radius 1 is 1.06 bits per heavy atom. The number of rotatable bonds is 10. The lowest BCUT2D eigenvalue weighted by Crippen LogP contribution is -2.20. The molecule has 0 aliphatic carbocycles. The summed E-state index contributed by atoms with van der Waals surface area (Å²) < 4.78 is 12.7. The molecule has 2 aromatic heterocycles. The topological polar surface area (TPSA) is 115 Å². The van der Waals surface area contributed by atoms with Gasteiger partial charge in [-0.3, -0.25) is 4.57 Å². The molecule has 0 spiro atoms. The Morgan fingerprint density at radius 2 is 1.91 bits per heavy atom. The number of nitrogens with one attached hydrogen (secondary N) is 1. The minimum Gasteiger partial charge on any atom is -0.491 e. The molecule has 4 aromatic rings. The second-order valence-electron chi connectivity index (χ2n) is 7.32. The van der Waals surface area contributed by atoms with Crippen molar-refractivity contribution >= 4 is 11.0 Å². The molecule has 0 unspecified atom stereocenters. The van der Waals surface area contributed by atoms with Crippen LogP contribution in [0.15, 0.2) is 65.6 Å². The van der Waals surface area contributed by atoms with Crippen LogP contribution in [0.2, 0.25) is 0 Å². The number of aliphatic hydroxyl groups excluding tert-OH is 1. The molecular formula is C24H26N4O4. The van der Waals surface area contributed by atoms with E-state index in [0.29, 0.717) is 38.4 Å². The highest BCUT2D eigenvalue weighted by Crippen LogP contribution is 2.26. The molecule has 32 heavy (non-hydrogen) atoms. The number of aromatic amines is 1. The van der Waals surface area contributed by atoms with Crippen LogP contribution in [0.4, 0.5) is 0 Å². The Balaban J connectivity index is 1.53. The van der Waals surface area contributed by atoms with Crippen molar-refractivity contribution in [2.24, 2.45) is 5.73 Å². The Morgan fingerprint density at radius 3 is 2.69 bits per heavy atom. The van der Waals surface area contributed by atoms with E-state index in [2.05, 4.69) is 9.97 Å². The third-order valence-electron chi connectivity index (χ3n) is 5.05. The lowest BCUT2D eigenvalue weighted by molar-refractivity contribution is 0.0883. The monoisotopic (exact) mass is 434 g/mol. The van der Waals surface area contributed by atoms with Gasteiger partial charge in [0.25, 0.3) is 0 Å². The molecule has 8 heteroatoms. The fraction of sp³-hybridized carbons (Fsp3) is 0.250. The van der Waals surface area contributed by atoms with E-state index in [0.717, 1.165) is 33.6 Å². The van der Waals surface area contributed by atoms with Crippen molar-refractivity contribution in [3.63, 3.8) is 0 Å². The smallest absolute Gasteiger partial charge is 0.354 e. The largest absolute Gasteiger partial charge is 0.491 e. The molecule has 0 amide bonds. The number of nitrogens with two attached hydrogens (primary N) is 1. The fourth-order valence-electron chi connectivity index (χ4n) is 3.37. The molecule has 0 saturated carbocycles. The van der Waals surface area contributed by atoms with Gasteiger partial charge >= 0.3 is 5.69 Å². The normalized spacial score (nSPS) is 11.2.